The van der Waals surface area contributed by atoms with Crippen LogP contribution >= 0.6 is 0 Å². The van der Waals surface area contributed by atoms with Gasteiger partial charge in [0.2, 0.25) is 10.0 Å². The van der Waals surface area contributed by atoms with Gasteiger partial charge in [0.1, 0.15) is 0 Å². The summed E-state index contributed by atoms with van der Waals surface area (Å²) in [6.45, 7) is 3.16. The van der Waals surface area contributed by atoms with E-state index in [2.05, 4.69) is 9.46 Å². The molecule has 0 aliphatic heterocycles. The zero-order valence-corrected chi connectivity index (χ0v) is 12.5. The molecular formula is C13H19NO5S. The molecule has 2 N–H and O–H groups in total. The van der Waals surface area contributed by atoms with Crippen LogP contribution < -0.4 is 4.72 Å². The molecule has 0 aromatic heterocycles. The van der Waals surface area contributed by atoms with Crippen molar-refractivity contribution in [3.05, 3.63) is 29.8 Å². The van der Waals surface area contributed by atoms with Crippen molar-refractivity contribution >= 4 is 16.0 Å². The van der Waals surface area contributed by atoms with Gasteiger partial charge in [-0.1, -0.05) is 12.1 Å². The summed E-state index contributed by atoms with van der Waals surface area (Å²) < 4.78 is 31.8. The van der Waals surface area contributed by atoms with E-state index >= 15 is 0 Å². The number of benzene rings is 1. The van der Waals surface area contributed by atoms with Gasteiger partial charge in [-0.15, -0.1) is 0 Å². The molecule has 6 nitrogen and oxygen atoms in total. The van der Waals surface area contributed by atoms with Crippen LogP contribution in [-0.2, 0) is 14.8 Å². The largest absolute Gasteiger partial charge is 0.465 e. The average molecular weight is 301 g/mol. The van der Waals surface area contributed by atoms with E-state index in [4.69, 9.17) is 5.11 Å². The van der Waals surface area contributed by atoms with Crippen LogP contribution in [0.4, 0.5) is 0 Å². The lowest BCUT2D eigenvalue weighted by Crippen LogP contribution is -2.44. The summed E-state index contributed by atoms with van der Waals surface area (Å²) in [6, 6.07) is 5.81. The molecule has 1 aromatic carbocycles. The maximum Gasteiger partial charge on any atom is 0.339 e. The van der Waals surface area contributed by atoms with Crippen molar-refractivity contribution in [2.75, 3.05) is 13.7 Å². The molecule has 0 unspecified atom stereocenters. The quantitative estimate of drug-likeness (QED) is 0.762. The Morgan fingerprint density at radius 1 is 1.35 bits per heavy atom. The predicted octanol–water partition coefficient (Wildman–Crippen LogP) is 0.912. The van der Waals surface area contributed by atoms with Crippen molar-refractivity contribution in [3.63, 3.8) is 0 Å². The first-order chi connectivity index (χ1) is 9.23. The number of carbonyl (C=O) groups is 1. The zero-order valence-electron chi connectivity index (χ0n) is 11.7. The molecule has 0 atom stereocenters. The highest BCUT2D eigenvalue weighted by atomic mass is 32.2. The summed E-state index contributed by atoms with van der Waals surface area (Å²) in [6.07, 6.45) is 0.257. The fraction of sp³-hybridized carbons (Fsp3) is 0.462. The van der Waals surface area contributed by atoms with E-state index in [1.54, 1.807) is 19.9 Å². The van der Waals surface area contributed by atoms with Crippen molar-refractivity contribution < 1.29 is 23.1 Å². The number of hydrogen-bond donors (Lipinski definition) is 2. The number of hydrogen-bond acceptors (Lipinski definition) is 5. The zero-order chi connectivity index (χ0) is 15.4. The molecule has 0 aliphatic carbocycles. The summed E-state index contributed by atoms with van der Waals surface area (Å²) in [7, 11) is -2.70. The second-order valence-corrected chi connectivity index (χ2v) is 6.60. The van der Waals surface area contributed by atoms with Crippen molar-refractivity contribution in [2.45, 2.75) is 30.7 Å². The first-order valence-corrected chi connectivity index (χ1v) is 7.54. The van der Waals surface area contributed by atoms with Crippen LogP contribution in [0.3, 0.4) is 0 Å². The average Bonchev–Trinajstić information content (AvgIpc) is 2.36. The van der Waals surface area contributed by atoms with Gasteiger partial charge in [0, 0.05) is 12.1 Å². The summed E-state index contributed by atoms with van der Waals surface area (Å²) in [5.74, 6) is -0.717. The molecule has 0 bridgehead atoms. The topological polar surface area (TPSA) is 92.7 Å². The number of carbonyl (C=O) groups excluding carboxylic acids is 1. The molecule has 1 rings (SSSR count). The summed E-state index contributed by atoms with van der Waals surface area (Å²) >= 11 is 0. The molecule has 0 amide bonds. The lowest BCUT2D eigenvalue weighted by Gasteiger charge is -2.25. The fourth-order valence-electron chi connectivity index (χ4n) is 1.73. The van der Waals surface area contributed by atoms with Crippen LogP contribution in [0.25, 0.3) is 0 Å². The molecule has 0 radical (unpaired) electrons. The molecule has 7 heteroatoms. The molecule has 0 aliphatic rings. The summed E-state index contributed by atoms with van der Waals surface area (Å²) in [4.78, 5) is 11.5. The minimum atomic E-state index is -3.89. The summed E-state index contributed by atoms with van der Waals surface area (Å²) in [5.41, 5.74) is -0.848. The normalized spacial score (nSPS) is 12.2. The van der Waals surface area contributed by atoms with E-state index in [1.165, 1.54) is 25.3 Å². The summed E-state index contributed by atoms with van der Waals surface area (Å²) in [5, 5.41) is 8.94. The van der Waals surface area contributed by atoms with Crippen LogP contribution in [0.1, 0.15) is 30.6 Å². The molecule has 0 saturated carbocycles. The Kier molecular flexibility index (Phi) is 5.27. The first-order valence-electron chi connectivity index (χ1n) is 6.06. The first kappa shape index (κ1) is 16.6. The third kappa shape index (κ3) is 4.03. The third-order valence-electron chi connectivity index (χ3n) is 2.73. The number of methoxy groups -OCH3 is 1. The van der Waals surface area contributed by atoms with E-state index in [9.17, 15) is 13.2 Å². The van der Waals surface area contributed by atoms with Crippen molar-refractivity contribution in [3.8, 4) is 0 Å². The predicted molar refractivity (Wildman–Crippen MR) is 73.9 cm³/mol. The van der Waals surface area contributed by atoms with E-state index in [1.807, 2.05) is 0 Å². The van der Waals surface area contributed by atoms with E-state index in [-0.39, 0.29) is 23.5 Å². The van der Waals surface area contributed by atoms with Crippen LogP contribution in [0.15, 0.2) is 29.2 Å². The minimum Gasteiger partial charge on any atom is -0.465 e. The lowest BCUT2D eigenvalue weighted by atomic mass is 10.0. The molecule has 0 spiro atoms. The molecule has 0 saturated heterocycles. The number of rotatable bonds is 6. The lowest BCUT2D eigenvalue weighted by molar-refractivity contribution is 0.0596. The molecule has 112 valence electrons. The molecular weight excluding hydrogens is 282 g/mol. The smallest absolute Gasteiger partial charge is 0.339 e. The van der Waals surface area contributed by atoms with Gasteiger partial charge in [0.05, 0.1) is 17.6 Å². The Balaban J connectivity index is 3.20. The van der Waals surface area contributed by atoms with Gasteiger partial charge in [0.15, 0.2) is 0 Å². The fourth-order valence-corrected chi connectivity index (χ4v) is 3.37. The van der Waals surface area contributed by atoms with Gasteiger partial charge in [-0.2, -0.15) is 0 Å². The molecule has 0 heterocycles. The Bertz CT molecular complexity index is 580. The van der Waals surface area contributed by atoms with Crippen molar-refractivity contribution in [1.82, 2.24) is 4.72 Å². The molecule has 20 heavy (non-hydrogen) atoms. The van der Waals surface area contributed by atoms with E-state index in [0.29, 0.717) is 0 Å². The van der Waals surface area contributed by atoms with Gasteiger partial charge in [0.25, 0.3) is 0 Å². The Hall–Kier alpha value is -1.44. The van der Waals surface area contributed by atoms with Gasteiger partial charge in [-0.05, 0) is 32.4 Å². The second kappa shape index (κ2) is 6.34. The molecule has 1 aromatic rings. The van der Waals surface area contributed by atoms with Gasteiger partial charge >= 0.3 is 5.97 Å². The Morgan fingerprint density at radius 2 is 1.95 bits per heavy atom. The van der Waals surface area contributed by atoms with E-state index in [0.717, 1.165) is 0 Å². The van der Waals surface area contributed by atoms with Crippen LogP contribution in [0.2, 0.25) is 0 Å². The van der Waals surface area contributed by atoms with Crippen LogP contribution in [-0.4, -0.2) is 38.7 Å². The van der Waals surface area contributed by atoms with Gasteiger partial charge in [-0.25, -0.2) is 17.9 Å². The SMILES string of the molecule is COC(=O)c1ccccc1S(=O)(=O)NC(C)(C)CCO. The second-order valence-electron chi connectivity index (χ2n) is 4.95. The third-order valence-corrected chi connectivity index (χ3v) is 4.49. The van der Waals surface area contributed by atoms with Gasteiger partial charge in [-0.3, -0.25) is 0 Å². The number of sulfonamides is 1. The number of nitrogens with one attached hydrogen (secondary N) is 1. The minimum absolute atomic E-state index is 0.0256. The Labute approximate surface area is 118 Å². The standard InChI is InChI=1S/C13H19NO5S/c1-13(2,8-9-15)14-20(17,18)11-7-5-4-6-10(11)12(16)19-3/h4-7,14-15H,8-9H2,1-3H3. The van der Waals surface area contributed by atoms with Crippen LogP contribution in [0.5, 0.6) is 0 Å². The Morgan fingerprint density at radius 3 is 2.50 bits per heavy atom. The van der Waals surface area contributed by atoms with Crippen LogP contribution in [0, 0.1) is 0 Å². The number of esters is 1. The number of ether oxygens (including phenoxy) is 1. The molecule has 0 fully saturated rings. The van der Waals surface area contributed by atoms with E-state index < -0.39 is 21.5 Å². The van der Waals surface area contributed by atoms with Crippen molar-refractivity contribution in [1.29, 1.82) is 0 Å². The highest BCUT2D eigenvalue weighted by molar-refractivity contribution is 7.89. The number of aliphatic hydroxyl groups is 1. The van der Waals surface area contributed by atoms with Gasteiger partial charge < -0.3 is 9.84 Å². The highest BCUT2D eigenvalue weighted by Crippen LogP contribution is 2.19. The monoisotopic (exact) mass is 301 g/mol. The maximum atomic E-state index is 12.4. The maximum absolute atomic E-state index is 12.4. The van der Waals surface area contributed by atoms with Crippen molar-refractivity contribution in [2.24, 2.45) is 0 Å². The number of aliphatic hydroxyl groups excluding tert-OH is 1. The highest BCUT2D eigenvalue weighted by Gasteiger charge is 2.29.